The van der Waals surface area contributed by atoms with Crippen molar-refractivity contribution in [3.05, 3.63) is 52.2 Å². The fourth-order valence-electron chi connectivity index (χ4n) is 5.60. The van der Waals surface area contributed by atoms with E-state index < -0.39 is 6.17 Å². The van der Waals surface area contributed by atoms with Crippen molar-refractivity contribution in [1.29, 1.82) is 16.3 Å². The van der Waals surface area contributed by atoms with E-state index in [0.717, 1.165) is 43.7 Å². The first-order valence-corrected chi connectivity index (χ1v) is 13.7. The van der Waals surface area contributed by atoms with Crippen molar-refractivity contribution in [3.8, 4) is 6.07 Å². The minimum Gasteiger partial charge on any atom is -0.342 e. The van der Waals surface area contributed by atoms with Gasteiger partial charge in [-0.2, -0.15) is 20.6 Å². The lowest BCUT2D eigenvalue weighted by Gasteiger charge is -2.32. The summed E-state index contributed by atoms with van der Waals surface area (Å²) in [6.45, 7) is 3.58. The molecule has 0 saturated carbocycles. The molecule has 0 spiro atoms. The Bertz CT molecular complexity index is 1490. The number of nitriles is 1. The molecular weight excluding hydrogens is 524 g/mol. The van der Waals surface area contributed by atoms with Crippen LogP contribution in [-0.4, -0.2) is 68.2 Å². The second kappa shape index (κ2) is 12.7. The fraction of sp³-hybridized carbons (Fsp3) is 0.481. The third-order valence-electron chi connectivity index (χ3n) is 7.92. The van der Waals surface area contributed by atoms with E-state index in [2.05, 4.69) is 35.6 Å². The number of aromatic nitrogens is 4. The molecule has 4 N–H and O–H groups in total. The number of carbonyl (C=O) groups excluding carboxylic acids is 1. The lowest BCUT2D eigenvalue weighted by Crippen LogP contribution is -2.38. The van der Waals surface area contributed by atoms with Crippen molar-refractivity contribution >= 4 is 28.3 Å². The summed E-state index contributed by atoms with van der Waals surface area (Å²) < 4.78 is 0. The SMILES string of the molecule is N#CCC(=O)N1CCC(c2nc(Nc3ccc(CN4CCC(C(N=N)N=N)CC4)cc3)c3c(=O)[nH]ncc3n2)CC1. The summed E-state index contributed by atoms with van der Waals surface area (Å²) in [5, 5.41) is 25.8. The second-order valence-electron chi connectivity index (χ2n) is 10.5. The molecule has 4 heterocycles. The summed E-state index contributed by atoms with van der Waals surface area (Å²) in [4.78, 5) is 38.2. The van der Waals surface area contributed by atoms with Gasteiger partial charge in [0.15, 0.2) is 6.17 Å². The molecule has 2 aliphatic heterocycles. The van der Waals surface area contributed by atoms with Crippen molar-refractivity contribution in [2.75, 3.05) is 31.5 Å². The number of carbonyl (C=O) groups is 1. The molecule has 0 aliphatic carbocycles. The van der Waals surface area contributed by atoms with Crippen molar-refractivity contribution < 1.29 is 4.79 Å². The van der Waals surface area contributed by atoms with Crippen LogP contribution >= 0.6 is 0 Å². The van der Waals surface area contributed by atoms with Gasteiger partial charge in [0.2, 0.25) is 5.91 Å². The fourth-order valence-corrected chi connectivity index (χ4v) is 5.60. The average Bonchev–Trinajstić information content (AvgIpc) is 3.00. The molecule has 2 saturated heterocycles. The van der Waals surface area contributed by atoms with E-state index in [1.165, 1.54) is 6.20 Å². The number of hydrogen-bond acceptors (Lipinski definition) is 12. The molecule has 41 heavy (non-hydrogen) atoms. The molecule has 1 aromatic carbocycles. The Kier molecular flexibility index (Phi) is 8.64. The number of rotatable bonds is 9. The van der Waals surface area contributed by atoms with Gasteiger partial charge in [-0.25, -0.2) is 26.1 Å². The van der Waals surface area contributed by atoms with E-state index in [4.69, 9.17) is 21.3 Å². The van der Waals surface area contributed by atoms with Gasteiger partial charge in [-0.15, -0.1) is 0 Å². The van der Waals surface area contributed by atoms with Crippen LogP contribution in [0.1, 0.15) is 49.4 Å². The van der Waals surface area contributed by atoms with Gasteiger partial charge >= 0.3 is 0 Å². The molecule has 0 radical (unpaired) electrons. The third-order valence-corrected chi connectivity index (χ3v) is 7.92. The van der Waals surface area contributed by atoms with Crippen LogP contribution < -0.4 is 10.9 Å². The lowest BCUT2D eigenvalue weighted by atomic mass is 9.94. The van der Waals surface area contributed by atoms with E-state index in [0.29, 0.717) is 48.5 Å². The first-order valence-electron chi connectivity index (χ1n) is 13.7. The van der Waals surface area contributed by atoms with Crippen LogP contribution in [-0.2, 0) is 11.3 Å². The zero-order valence-electron chi connectivity index (χ0n) is 22.6. The van der Waals surface area contributed by atoms with Crippen LogP contribution in [0.3, 0.4) is 0 Å². The summed E-state index contributed by atoms with van der Waals surface area (Å²) >= 11 is 0. The molecule has 14 nitrogen and oxygen atoms in total. The van der Waals surface area contributed by atoms with E-state index in [1.807, 2.05) is 30.3 Å². The number of H-pyrrole nitrogens is 1. The molecule has 0 atom stereocenters. The smallest absolute Gasteiger partial charge is 0.277 e. The van der Waals surface area contributed by atoms with Crippen LogP contribution in [0.4, 0.5) is 11.5 Å². The number of hydrogen-bond donors (Lipinski definition) is 4. The number of amides is 1. The Hall–Kier alpha value is -4.64. The van der Waals surface area contributed by atoms with Gasteiger partial charge in [0.05, 0.1) is 12.3 Å². The molecule has 0 bridgehead atoms. The number of anilines is 2. The molecule has 14 heteroatoms. The highest BCUT2D eigenvalue weighted by Gasteiger charge is 2.28. The largest absolute Gasteiger partial charge is 0.342 e. The first-order chi connectivity index (χ1) is 20.0. The Labute approximate surface area is 236 Å². The summed E-state index contributed by atoms with van der Waals surface area (Å²) in [5.74, 6) is 0.999. The van der Waals surface area contributed by atoms with Crippen molar-refractivity contribution in [3.63, 3.8) is 0 Å². The van der Waals surface area contributed by atoms with E-state index in [9.17, 15) is 9.59 Å². The minimum absolute atomic E-state index is 0.0109. The monoisotopic (exact) mass is 556 g/mol. The second-order valence-corrected chi connectivity index (χ2v) is 10.5. The standard InChI is InChI=1S/C27H32N12O2/c28-10-5-22(40)39-13-8-18(9-14-39)24-33-21-15-31-37-27(41)23(21)26(34-24)32-20-3-1-17(2-4-20)16-38-11-6-19(7-12-38)25(35-29)36-30/h1-4,15,18-19,25,29-30H,5-9,11-14,16H2,(H,37,41)(H,32,33,34). The van der Waals surface area contributed by atoms with Crippen LogP contribution in [0.15, 0.2) is 45.5 Å². The van der Waals surface area contributed by atoms with Gasteiger partial charge in [-0.3, -0.25) is 14.5 Å². The molecule has 2 aromatic heterocycles. The van der Waals surface area contributed by atoms with Crippen molar-refractivity contribution in [2.45, 2.75) is 50.7 Å². The lowest BCUT2D eigenvalue weighted by molar-refractivity contribution is -0.131. The van der Waals surface area contributed by atoms with Crippen LogP contribution in [0.2, 0.25) is 0 Å². The van der Waals surface area contributed by atoms with Crippen molar-refractivity contribution in [2.24, 2.45) is 16.1 Å². The third kappa shape index (κ3) is 6.41. The Morgan fingerprint density at radius 3 is 2.46 bits per heavy atom. The van der Waals surface area contributed by atoms with Crippen LogP contribution in [0.5, 0.6) is 0 Å². The molecule has 2 fully saturated rings. The predicted octanol–water partition coefficient (Wildman–Crippen LogP) is 3.68. The van der Waals surface area contributed by atoms with E-state index >= 15 is 0 Å². The molecular formula is C27H32N12O2. The number of benzene rings is 1. The maximum absolute atomic E-state index is 12.7. The van der Waals surface area contributed by atoms with Gasteiger partial charge in [0, 0.05) is 37.2 Å². The number of nitrogens with one attached hydrogen (secondary N) is 4. The van der Waals surface area contributed by atoms with Crippen LogP contribution in [0, 0.1) is 28.3 Å². The molecule has 3 aromatic rings. The highest BCUT2D eigenvalue weighted by atomic mass is 16.2. The first kappa shape index (κ1) is 27.9. The number of likely N-dealkylation sites (tertiary alicyclic amines) is 2. The van der Waals surface area contributed by atoms with Gasteiger partial charge in [-0.05, 0) is 56.5 Å². The summed E-state index contributed by atoms with van der Waals surface area (Å²) in [6.07, 6.45) is 3.89. The number of nitrogens with zero attached hydrogens (tertiary/aromatic N) is 8. The predicted molar refractivity (Wildman–Crippen MR) is 149 cm³/mol. The summed E-state index contributed by atoms with van der Waals surface area (Å²) in [5.41, 5.74) is 16.4. The quantitative estimate of drug-likeness (QED) is 0.285. The summed E-state index contributed by atoms with van der Waals surface area (Å²) in [7, 11) is 0. The zero-order chi connectivity index (χ0) is 28.8. The summed E-state index contributed by atoms with van der Waals surface area (Å²) in [6, 6.07) is 9.91. The molecule has 0 unspecified atom stereocenters. The highest BCUT2D eigenvalue weighted by Crippen LogP contribution is 2.30. The maximum Gasteiger partial charge on any atom is 0.277 e. The Balaban J connectivity index is 1.28. The Morgan fingerprint density at radius 1 is 1.10 bits per heavy atom. The number of aromatic amines is 1. The van der Waals surface area contributed by atoms with Crippen LogP contribution in [0.25, 0.3) is 10.9 Å². The van der Waals surface area contributed by atoms with Gasteiger partial charge in [-0.1, -0.05) is 12.1 Å². The zero-order valence-corrected chi connectivity index (χ0v) is 22.6. The Morgan fingerprint density at radius 2 is 1.80 bits per heavy atom. The number of piperidine rings is 2. The maximum atomic E-state index is 12.7. The normalized spacial score (nSPS) is 17.6. The molecule has 5 rings (SSSR count). The van der Waals surface area contributed by atoms with E-state index in [-0.39, 0.29) is 29.7 Å². The average molecular weight is 557 g/mol. The van der Waals surface area contributed by atoms with Gasteiger partial charge < -0.3 is 10.2 Å². The highest BCUT2D eigenvalue weighted by molar-refractivity contribution is 5.89. The number of fused-ring (bicyclic) bond motifs is 1. The molecule has 1 amide bonds. The minimum atomic E-state index is -0.560. The van der Waals surface area contributed by atoms with Gasteiger partial charge in [0.1, 0.15) is 29.0 Å². The van der Waals surface area contributed by atoms with E-state index in [1.54, 1.807) is 4.90 Å². The molecule has 212 valence electrons. The molecule has 2 aliphatic rings. The van der Waals surface area contributed by atoms with Crippen molar-refractivity contribution in [1.82, 2.24) is 30.0 Å². The topological polar surface area (TPSA) is 203 Å². The van der Waals surface area contributed by atoms with Gasteiger partial charge in [0.25, 0.3) is 5.56 Å².